The Morgan fingerprint density at radius 3 is 2.15 bits per heavy atom. The van der Waals surface area contributed by atoms with E-state index in [1.54, 1.807) is 24.3 Å². The first-order valence-corrected chi connectivity index (χ1v) is 4.46. The van der Waals surface area contributed by atoms with E-state index in [0.29, 0.717) is 11.3 Å². The zero-order chi connectivity index (χ0) is 9.84. The molecular formula is C9H8BrNO2. The van der Waals surface area contributed by atoms with E-state index in [4.69, 9.17) is 0 Å². The number of nitrogens with one attached hydrogen (secondary N) is 1. The number of hydrogen-bond donors (Lipinski definition) is 1. The fourth-order valence-corrected chi connectivity index (χ4v) is 1.15. The molecule has 0 aliphatic rings. The topological polar surface area (TPSA) is 46.2 Å². The summed E-state index contributed by atoms with van der Waals surface area (Å²) in [6.45, 7) is 1.43. The maximum absolute atomic E-state index is 10.8. The molecule has 0 aromatic heterocycles. The first kappa shape index (κ1) is 9.92. The van der Waals surface area contributed by atoms with E-state index in [1.807, 2.05) is 0 Å². The van der Waals surface area contributed by atoms with Gasteiger partial charge in [0.15, 0.2) is 0 Å². The zero-order valence-corrected chi connectivity index (χ0v) is 8.59. The second-order valence-electron chi connectivity index (χ2n) is 2.53. The van der Waals surface area contributed by atoms with E-state index in [2.05, 4.69) is 21.2 Å². The first-order valence-electron chi connectivity index (χ1n) is 3.67. The van der Waals surface area contributed by atoms with Crippen LogP contribution in [-0.4, -0.2) is 10.6 Å². The Balaban J connectivity index is 2.81. The summed E-state index contributed by atoms with van der Waals surface area (Å²) in [5.41, 5.74) is 1.25. The largest absolute Gasteiger partial charge is 0.326 e. The number of carbonyl (C=O) groups excluding carboxylic acids is 2. The highest BCUT2D eigenvalue weighted by atomic mass is 79.9. The SMILES string of the molecule is CC(=O)Nc1ccc(C(=O)Br)cc1. The highest BCUT2D eigenvalue weighted by Crippen LogP contribution is 2.11. The second kappa shape index (κ2) is 4.18. The number of amides is 1. The van der Waals surface area contributed by atoms with E-state index in [9.17, 15) is 9.59 Å². The average molecular weight is 242 g/mol. The van der Waals surface area contributed by atoms with Gasteiger partial charge in [-0.2, -0.15) is 0 Å². The summed E-state index contributed by atoms with van der Waals surface area (Å²) < 4.78 is -0.165. The van der Waals surface area contributed by atoms with E-state index < -0.39 is 0 Å². The molecule has 0 atom stereocenters. The van der Waals surface area contributed by atoms with Gasteiger partial charge in [-0.15, -0.1) is 0 Å². The molecule has 0 fully saturated rings. The van der Waals surface area contributed by atoms with Crippen molar-refractivity contribution in [3.05, 3.63) is 29.8 Å². The van der Waals surface area contributed by atoms with Crippen LogP contribution < -0.4 is 5.32 Å². The summed E-state index contributed by atoms with van der Waals surface area (Å²) >= 11 is 2.83. The van der Waals surface area contributed by atoms with Crippen molar-refractivity contribution in [3.8, 4) is 0 Å². The minimum Gasteiger partial charge on any atom is -0.326 e. The van der Waals surface area contributed by atoms with Crippen molar-refractivity contribution in [2.24, 2.45) is 0 Å². The molecular weight excluding hydrogens is 234 g/mol. The molecule has 1 aromatic carbocycles. The minimum atomic E-state index is -0.165. The molecule has 0 radical (unpaired) electrons. The molecule has 0 aliphatic carbocycles. The minimum absolute atomic E-state index is 0.127. The van der Waals surface area contributed by atoms with E-state index in [-0.39, 0.29) is 10.6 Å². The molecule has 13 heavy (non-hydrogen) atoms. The molecule has 4 heteroatoms. The molecule has 0 unspecified atom stereocenters. The van der Waals surface area contributed by atoms with Gasteiger partial charge in [0.2, 0.25) is 10.6 Å². The fraction of sp³-hybridized carbons (Fsp3) is 0.111. The third-order valence-corrected chi connectivity index (χ3v) is 1.89. The quantitative estimate of drug-likeness (QED) is 0.808. The van der Waals surface area contributed by atoms with Crippen LogP contribution in [0.5, 0.6) is 0 Å². The zero-order valence-electron chi connectivity index (χ0n) is 7.00. The Kier molecular flexibility index (Phi) is 3.19. The first-order chi connectivity index (χ1) is 6.09. The molecule has 3 nitrogen and oxygen atoms in total. The van der Waals surface area contributed by atoms with Crippen LogP contribution in [0.4, 0.5) is 5.69 Å². The number of anilines is 1. The van der Waals surface area contributed by atoms with Crippen LogP contribution in [0.1, 0.15) is 17.3 Å². The van der Waals surface area contributed by atoms with Crippen molar-refractivity contribution in [1.82, 2.24) is 0 Å². The van der Waals surface area contributed by atoms with Gasteiger partial charge in [0, 0.05) is 18.2 Å². The summed E-state index contributed by atoms with van der Waals surface area (Å²) in [5, 5.41) is 2.61. The molecule has 0 aliphatic heterocycles. The van der Waals surface area contributed by atoms with Crippen molar-refractivity contribution in [2.45, 2.75) is 6.92 Å². The Morgan fingerprint density at radius 2 is 1.77 bits per heavy atom. The van der Waals surface area contributed by atoms with Gasteiger partial charge in [-0.05, 0) is 40.2 Å². The van der Waals surface area contributed by atoms with E-state index in [1.165, 1.54) is 6.92 Å². The molecule has 1 rings (SSSR count). The predicted octanol–water partition coefficient (Wildman–Crippen LogP) is 2.18. The Morgan fingerprint density at radius 1 is 1.23 bits per heavy atom. The van der Waals surface area contributed by atoms with Crippen LogP contribution in [0.3, 0.4) is 0 Å². The summed E-state index contributed by atoms with van der Waals surface area (Å²) in [4.78, 5) is 21.5. The molecule has 0 saturated carbocycles. The van der Waals surface area contributed by atoms with Crippen molar-refractivity contribution in [1.29, 1.82) is 0 Å². The van der Waals surface area contributed by atoms with Gasteiger partial charge in [-0.1, -0.05) is 0 Å². The van der Waals surface area contributed by atoms with Crippen LogP contribution in [-0.2, 0) is 4.79 Å². The van der Waals surface area contributed by atoms with Crippen molar-refractivity contribution >= 4 is 32.2 Å². The van der Waals surface area contributed by atoms with Crippen LogP contribution >= 0.6 is 15.9 Å². The highest BCUT2D eigenvalue weighted by Gasteiger charge is 2.00. The van der Waals surface area contributed by atoms with Crippen molar-refractivity contribution in [2.75, 3.05) is 5.32 Å². The maximum Gasteiger partial charge on any atom is 0.228 e. The standard InChI is InChI=1S/C9H8BrNO2/c1-6(12)11-8-4-2-7(3-5-8)9(10)13/h2-5H,1H3,(H,11,12). The molecule has 1 N–H and O–H groups in total. The summed E-state index contributed by atoms with van der Waals surface area (Å²) in [6.07, 6.45) is 0. The molecule has 0 saturated heterocycles. The molecule has 0 heterocycles. The van der Waals surface area contributed by atoms with Gasteiger partial charge < -0.3 is 5.32 Å². The summed E-state index contributed by atoms with van der Waals surface area (Å²) in [7, 11) is 0. The average Bonchev–Trinajstić information content (AvgIpc) is 2.04. The number of halogens is 1. The van der Waals surface area contributed by atoms with E-state index >= 15 is 0 Å². The van der Waals surface area contributed by atoms with Gasteiger partial charge >= 0.3 is 0 Å². The lowest BCUT2D eigenvalue weighted by atomic mass is 10.2. The summed E-state index contributed by atoms with van der Waals surface area (Å²) in [6, 6.07) is 6.64. The van der Waals surface area contributed by atoms with Crippen LogP contribution in [0.2, 0.25) is 0 Å². The predicted molar refractivity (Wildman–Crippen MR) is 54.0 cm³/mol. The van der Waals surface area contributed by atoms with Gasteiger partial charge in [-0.3, -0.25) is 9.59 Å². The van der Waals surface area contributed by atoms with Crippen molar-refractivity contribution < 1.29 is 9.59 Å². The molecule has 1 aromatic rings. The smallest absolute Gasteiger partial charge is 0.228 e. The molecule has 68 valence electrons. The number of benzene rings is 1. The van der Waals surface area contributed by atoms with Crippen molar-refractivity contribution in [3.63, 3.8) is 0 Å². The highest BCUT2D eigenvalue weighted by molar-refractivity contribution is 9.18. The number of hydrogen-bond acceptors (Lipinski definition) is 2. The fourth-order valence-electron chi connectivity index (χ4n) is 0.888. The van der Waals surface area contributed by atoms with Gasteiger partial charge in [0.1, 0.15) is 0 Å². The summed E-state index contributed by atoms with van der Waals surface area (Å²) in [5.74, 6) is -0.127. The Labute approximate surface area is 84.3 Å². The third-order valence-electron chi connectivity index (χ3n) is 1.43. The lowest BCUT2D eigenvalue weighted by Crippen LogP contribution is -2.05. The Bertz CT molecular complexity index is 332. The van der Waals surface area contributed by atoms with Gasteiger partial charge in [0.25, 0.3) is 0 Å². The number of rotatable bonds is 2. The molecule has 0 spiro atoms. The number of carbonyl (C=O) groups is 2. The van der Waals surface area contributed by atoms with Gasteiger partial charge in [0.05, 0.1) is 0 Å². The molecule has 1 amide bonds. The maximum atomic E-state index is 10.8. The van der Waals surface area contributed by atoms with E-state index in [0.717, 1.165) is 0 Å². The van der Waals surface area contributed by atoms with Crippen LogP contribution in [0, 0.1) is 0 Å². The normalized spacial score (nSPS) is 9.38. The lowest BCUT2D eigenvalue weighted by Gasteiger charge is -2.01. The monoisotopic (exact) mass is 241 g/mol. The molecule has 0 bridgehead atoms. The third kappa shape index (κ3) is 2.99. The Hall–Kier alpha value is -1.16. The van der Waals surface area contributed by atoms with Gasteiger partial charge in [-0.25, -0.2) is 0 Å². The second-order valence-corrected chi connectivity index (χ2v) is 3.25. The van der Waals surface area contributed by atoms with Crippen LogP contribution in [0.25, 0.3) is 0 Å². The van der Waals surface area contributed by atoms with Crippen LogP contribution in [0.15, 0.2) is 24.3 Å². The lowest BCUT2D eigenvalue weighted by molar-refractivity contribution is -0.114.